The van der Waals surface area contributed by atoms with Crippen molar-refractivity contribution in [3.63, 3.8) is 0 Å². The summed E-state index contributed by atoms with van der Waals surface area (Å²) in [7, 11) is 0. The number of hydrogen-bond donors (Lipinski definition) is 3. The summed E-state index contributed by atoms with van der Waals surface area (Å²) >= 11 is 0. The summed E-state index contributed by atoms with van der Waals surface area (Å²) in [6.45, 7) is 0.474. The van der Waals surface area contributed by atoms with Crippen LogP contribution in [0.5, 0.6) is 0 Å². The maximum Gasteiger partial charge on any atom is 0.357 e. The lowest BCUT2D eigenvalue weighted by molar-refractivity contribution is -0.132. The third-order valence-electron chi connectivity index (χ3n) is 2.95. The molecule has 0 radical (unpaired) electrons. The lowest BCUT2D eigenvalue weighted by Gasteiger charge is -2.05. The van der Waals surface area contributed by atoms with Crippen molar-refractivity contribution in [2.24, 2.45) is 5.11 Å². The van der Waals surface area contributed by atoms with Gasteiger partial charge in [-0.25, -0.2) is 10.3 Å². The first-order valence-electron chi connectivity index (χ1n) is 6.39. The molecular weight excluding hydrogens is 266 g/mol. The Kier molecular flexibility index (Phi) is 4.82. The van der Waals surface area contributed by atoms with E-state index >= 15 is 0 Å². The van der Waals surface area contributed by atoms with Crippen LogP contribution in [-0.2, 0) is 11.3 Å². The summed E-state index contributed by atoms with van der Waals surface area (Å²) in [5, 5.41) is 14.5. The van der Waals surface area contributed by atoms with Gasteiger partial charge in [0.1, 0.15) is 0 Å². The molecule has 0 aliphatic rings. The molecule has 0 aromatic heterocycles. The Hall–Kier alpha value is -2.95. The normalized spacial score (nSPS) is 11.0. The highest BCUT2D eigenvalue weighted by Gasteiger charge is 2.04. The number of carboxylic acids is 1. The molecule has 0 amide bonds. The summed E-state index contributed by atoms with van der Waals surface area (Å²) in [6.07, 6.45) is 1.22. The molecule has 2 aromatic carbocycles. The molecule has 0 saturated carbocycles. The van der Waals surface area contributed by atoms with E-state index in [4.69, 9.17) is 10.6 Å². The summed E-state index contributed by atoms with van der Waals surface area (Å²) in [5.74, 6) is -1.23. The minimum absolute atomic E-state index is 0.323. The van der Waals surface area contributed by atoms with Crippen molar-refractivity contribution in [2.45, 2.75) is 6.54 Å². The topological polar surface area (TPSA) is 85.5 Å². The molecule has 2 rings (SSSR count). The van der Waals surface area contributed by atoms with Crippen LogP contribution in [-0.4, -0.2) is 11.1 Å². The van der Waals surface area contributed by atoms with Gasteiger partial charge in [-0.1, -0.05) is 54.6 Å². The molecule has 0 atom stereocenters. The van der Waals surface area contributed by atoms with E-state index in [1.54, 1.807) is 0 Å². The molecule has 0 saturated heterocycles. The van der Waals surface area contributed by atoms with Crippen molar-refractivity contribution < 1.29 is 9.90 Å². The van der Waals surface area contributed by atoms with Crippen LogP contribution in [0.4, 0.5) is 0 Å². The minimum Gasteiger partial charge on any atom is -0.476 e. The molecule has 0 heterocycles. The summed E-state index contributed by atoms with van der Waals surface area (Å²) in [6, 6.07) is 18.0. The fourth-order valence-corrected chi connectivity index (χ4v) is 1.85. The molecule has 3 N–H and O–H groups in total. The van der Waals surface area contributed by atoms with E-state index in [-0.39, 0.29) is 5.70 Å². The van der Waals surface area contributed by atoms with Gasteiger partial charge in [0.2, 0.25) is 0 Å². The number of carbonyl (C=O) groups is 1. The number of nitrogens with zero attached hydrogens (tertiary/aromatic N) is 1. The van der Waals surface area contributed by atoms with Crippen molar-refractivity contribution in [2.75, 3.05) is 0 Å². The largest absolute Gasteiger partial charge is 0.476 e. The van der Waals surface area contributed by atoms with E-state index in [0.29, 0.717) is 6.54 Å². The van der Waals surface area contributed by atoms with Gasteiger partial charge < -0.3 is 10.4 Å². The molecule has 2 aromatic rings. The Morgan fingerprint density at radius 1 is 1.10 bits per heavy atom. The molecule has 21 heavy (non-hydrogen) atoms. The third kappa shape index (κ3) is 4.01. The average molecular weight is 281 g/mol. The van der Waals surface area contributed by atoms with E-state index in [2.05, 4.69) is 10.4 Å². The molecule has 0 fully saturated rings. The number of nitrogens with one attached hydrogen (secondary N) is 2. The van der Waals surface area contributed by atoms with Crippen molar-refractivity contribution in [1.82, 2.24) is 5.32 Å². The summed E-state index contributed by atoms with van der Waals surface area (Å²) < 4.78 is 0. The lowest BCUT2D eigenvalue weighted by Crippen LogP contribution is -2.08. The minimum atomic E-state index is -1.23. The van der Waals surface area contributed by atoms with Crippen LogP contribution < -0.4 is 5.32 Å². The molecule has 0 aliphatic heterocycles. The van der Waals surface area contributed by atoms with E-state index in [0.717, 1.165) is 16.7 Å². The molecule has 0 bridgehead atoms. The molecule has 0 aliphatic carbocycles. The number of aliphatic carboxylic acids is 1. The molecule has 0 unspecified atom stereocenters. The van der Waals surface area contributed by atoms with Gasteiger partial charge in [0.25, 0.3) is 0 Å². The monoisotopic (exact) mass is 281 g/mol. The van der Waals surface area contributed by atoms with Gasteiger partial charge in [-0.3, -0.25) is 0 Å². The quantitative estimate of drug-likeness (QED) is 0.560. The first kappa shape index (κ1) is 14.5. The molecule has 5 nitrogen and oxygen atoms in total. The van der Waals surface area contributed by atoms with Crippen molar-refractivity contribution in [3.05, 3.63) is 72.1 Å². The van der Waals surface area contributed by atoms with Crippen LogP contribution in [0.15, 0.2) is 71.6 Å². The van der Waals surface area contributed by atoms with E-state index in [1.165, 1.54) is 6.20 Å². The molecule has 5 heteroatoms. The summed E-state index contributed by atoms with van der Waals surface area (Å²) in [4.78, 5) is 10.7. The van der Waals surface area contributed by atoms with Crippen molar-refractivity contribution in [1.29, 1.82) is 5.53 Å². The predicted octanol–water partition coefficient (Wildman–Crippen LogP) is 3.40. The predicted molar refractivity (Wildman–Crippen MR) is 79.6 cm³/mol. The van der Waals surface area contributed by atoms with Gasteiger partial charge in [0.15, 0.2) is 5.70 Å². The van der Waals surface area contributed by atoms with Crippen LogP contribution in [0.3, 0.4) is 0 Å². The van der Waals surface area contributed by atoms with E-state index in [1.807, 2.05) is 54.6 Å². The van der Waals surface area contributed by atoms with Gasteiger partial charge in [-0.05, 0) is 16.7 Å². The van der Waals surface area contributed by atoms with Crippen molar-refractivity contribution >= 4 is 5.97 Å². The third-order valence-corrected chi connectivity index (χ3v) is 2.95. The van der Waals surface area contributed by atoms with Gasteiger partial charge in [0, 0.05) is 12.7 Å². The standard InChI is InChI=1S/C16H15N3O2/c17-19-15(16(20)21)11-18-10-12-6-8-14(9-7-12)13-4-2-1-3-5-13/h1-9,11,17-18H,10H2,(H,20,21)/b15-11-,19-17?. The zero-order chi connectivity index (χ0) is 15.1. The van der Waals surface area contributed by atoms with Gasteiger partial charge >= 0.3 is 5.97 Å². The number of rotatable bonds is 6. The molecule has 0 spiro atoms. The zero-order valence-corrected chi connectivity index (χ0v) is 11.3. The van der Waals surface area contributed by atoms with Gasteiger partial charge in [-0.2, -0.15) is 0 Å². The van der Waals surface area contributed by atoms with Gasteiger partial charge in [-0.15, -0.1) is 5.11 Å². The van der Waals surface area contributed by atoms with Crippen LogP contribution in [0.25, 0.3) is 11.1 Å². The molecule has 106 valence electrons. The highest BCUT2D eigenvalue weighted by atomic mass is 16.4. The first-order valence-corrected chi connectivity index (χ1v) is 6.39. The maximum atomic E-state index is 10.7. The van der Waals surface area contributed by atoms with Crippen LogP contribution >= 0.6 is 0 Å². The number of carboxylic acid groups (broad SMARTS) is 1. The Labute approximate surface area is 122 Å². The number of hydrogen-bond acceptors (Lipinski definition) is 4. The Morgan fingerprint density at radius 3 is 2.29 bits per heavy atom. The van der Waals surface area contributed by atoms with Gasteiger partial charge in [0.05, 0.1) is 0 Å². The maximum absolute atomic E-state index is 10.7. The SMILES string of the molecule is N=N/C(=C\NCc1ccc(-c2ccccc2)cc1)C(=O)O. The van der Waals surface area contributed by atoms with Crippen LogP contribution in [0.1, 0.15) is 5.56 Å². The number of benzene rings is 2. The second kappa shape index (κ2) is 7.00. The Morgan fingerprint density at radius 2 is 1.71 bits per heavy atom. The fourth-order valence-electron chi connectivity index (χ4n) is 1.85. The van der Waals surface area contributed by atoms with Crippen LogP contribution in [0, 0.1) is 5.53 Å². The van der Waals surface area contributed by atoms with E-state index < -0.39 is 5.97 Å². The Balaban J connectivity index is 2.00. The van der Waals surface area contributed by atoms with Crippen LogP contribution in [0.2, 0.25) is 0 Å². The zero-order valence-electron chi connectivity index (χ0n) is 11.3. The highest BCUT2D eigenvalue weighted by molar-refractivity contribution is 5.85. The second-order valence-corrected chi connectivity index (χ2v) is 4.39. The second-order valence-electron chi connectivity index (χ2n) is 4.39. The molecular formula is C16H15N3O2. The smallest absolute Gasteiger partial charge is 0.357 e. The fraction of sp³-hybridized carbons (Fsp3) is 0.0625. The average Bonchev–Trinajstić information content (AvgIpc) is 2.53. The summed E-state index contributed by atoms with van der Waals surface area (Å²) in [5.41, 5.74) is 9.70. The highest BCUT2D eigenvalue weighted by Crippen LogP contribution is 2.19. The van der Waals surface area contributed by atoms with E-state index in [9.17, 15) is 4.79 Å². The Bertz CT molecular complexity index is 649. The lowest BCUT2D eigenvalue weighted by atomic mass is 10.0. The van der Waals surface area contributed by atoms with Crippen molar-refractivity contribution in [3.8, 4) is 11.1 Å². The first-order chi connectivity index (χ1) is 10.2.